The molecular weight excluding hydrogens is 252 g/mol. The molecule has 0 saturated carbocycles. The fraction of sp³-hybridized carbons (Fsp3) is 0.588. The summed E-state index contributed by atoms with van der Waals surface area (Å²) in [4.78, 5) is 11.0. The van der Waals surface area contributed by atoms with E-state index in [0.29, 0.717) is 5.75 Å². The van der Waals surface area contributed by atoms with Gasteiger partial charge in [-0.2, -0.15) is 0 Å². The molecule has 2 N–H and O–H groups in total. The van der Waals surface area contributed by atoms with E-state index < -0.39 is 11.4 Å². The molecule has 2 rings (SSSR count). The van der Waals surface area contributed by atoms with Crippen LogP contribution in [0.4, 0.5) is 0 Å². The number of phenolic OH excluding ortho intramolecular Hbond substituents is 1. The van der Waals surface area contributed by atoms with Crippen LogP contribution in [0.2, 0.25) is 0 Å². The average molecular weight is 278 g/mol. The number of phenols is 1. The maximum atomic E-state index is 11.0. The molecule has 112 valence electrons. The van der Waals surface area contributed by atoms with Gasteiger partial charge < -0.3 is 10.2 Å². The molecule has 0 amide bonds. The lowest BCUT2D eigenvalue weighted by atomic mass is 9.80. The lowest BCUT2D eigenvalue weighted by Crippen LogP contribution is -2.27. The average Bonchev–Trinajstić information content (AvgIpc) is 3.13. The van der Waals surface area contributed by atoms with Crippen LogP contribution in [-0.2, 0) is 4.79 Å². The molecule has 3 nitrogen and oxygen atoms in total. The molecule has 0 saturated heterocycles. The lowest BCUT2D eigenvalue weighted by Gasteiger charge is -2.24. The Morgan fingerprint density at radius 3 is 1.90 bits per heavy atom. The Hall–Kier alpha value is -1.51. The van der Waals surface area contributed by atoms with E-state index in [-0.39, 0.29) is 0 Å². The normalized spacial score (nSPS) is 11.6. The number of aliphatic carboxylic acids is 1. The monoisotopic (exact) mass is 278 g/mol. The Kier molecular flexibility index (Phi) is 6.05. The van der Waals surface area contributed by atoms with Gasteiger partial charge in [0, 0.05) is 5.56 Å². The minimum absolute atomic E-state index is 0.426. The van der Waals surface area contributed by atoms with Crippen LogP contribution in [0, 0.1) is 5.41 Å². The van der Waals surface area contributed by atoms with Crippen molar-refractivity contribution in [1.82, 2.24) is 0 Å². The van der Waals surface area contributed by atoms with Crippen molar-refractivity contribution in [2.45, 2.75) is 59.3 Å². The number of carboxylic acid groups (broad SMARTS) is 1. The van der Waals surface area contributed by atoms with Crippen molar-refractivity contribution in [3.05, 3.63) is 18.2 Å². The molecule has 0 spiro atoms. The van der Waals surface area contributed by atoms with E-state index >= 15 is 0 Å². The van der Waals surface area contributed by atoms with Gasteiger partial charge in [0.2, 0.25) is 0 Å². The summed E-state index contributed by atoms with van der Waals surface area (Å²) in [6, 6.07) is 5.57. The zero-order valence-electron chi connectivity index (χ0n) is 12.8. The number of rotatable bonds is 7. The SMILES string of the molecule is CCCCC(C)(CCCC)C(=O)O.Oc1ccc2cc1-2. The number of aromatic hydroxyl groups is 1. The predicted molar refractivity (Wildman–Crippen MR) is 81.9 cm³/mol. The van der Waals surface area contributed by atoms with Crippen LogP contribution in [0.15, 0.2) is 18.2 Å². The van der Waals surface area contributed by atoms with Crippen molar-refractivity contribution in [3.8, 4) is 16.9 Å². The summed E-state index contributed by atoms with van der Waals surface area (Å²) in [5.41, 5.74) is 1.74. The minimum atomic E-state index is -0.630. The first-order valence-corrected chi connectivity index (χ1v) is 7.51. The molecule has 0 bridgehead atoms. The molecule has 2 aliphatic rings. The number of benzene rings is 1. The summed E-state index contributed by atoms with van der Waals surface area (Å²) in [6.07, 6.45) is 5.83. The van der Waals surface area contributed by atoms with Crippen LogP contribution in [-0.4, -0.2) is 16.2 Å². The van der Waals surface area contributed by atoms with E-state index in [9.17, 15) is 4.79 Å². The zero-order chi connectivity index (χ0) is 15.2. The molecule has 0 aromatic heterocycles. The first-order chi connectivity index (χ1) is 9.44. The number of unbranched alkanes of at least 4 members (excludes halogenated alkanes) is 2. The van der Waals surface area contributed by atoms with E-state index in [1.54, 1.807) is 6.07 Å². The predicted octanol–water partition coefficient (Wildman–Crippen LogP) is 4.83. The number of carboxylic acids is 1. The van der Waals surface area contributed by atoms with Gasteiger partial charge in [0.1, 0.15) is 5.75 Å². The molecule has 0 unspecified atom stereocenters. The van der Waals surface area contributed by atoms with Gasteiger partial charge in [-0.3, -0.25) is 4.79 Å². The second-order valence-electron chi connectivity index (χ2n) is 5.80. The first-order valence-electron chi connectivity index (χ1n) is 7.51. The Labute approximate surface area is 121 Å². The minimum Gasteiger partial charge on any atom is -0.507 e. The van der Waals surface area contributed by atoms with Gasteiger partial charge in [0.05, 0.1) is 5.41 Å². The number of hydrogen-bond donors (Lipinski definition) is 2. The molecule has 0 aliphatic heterocycles. The van der Waals surface area contributed by atoms with Crippen molar-refractivity contribution < 1.29 is 15.0 Å². The van der Waals surface area contributed by atoms with Crippen molar-refractivity contribution >= 4 is 5.97 Å². The second-order valence-corrected chi connectivity index (χ2v) is 5.80. The molecule has 0 radical (unpaired) electrons. The number of fused-ring (bicyclic) bond motifs is 1. The molecule has 0 fully saturated rings. The highest BCUT2D eigenvalue weighted by Gasteiger charge is 2.31. The standard InChI is InChI=1S/C11H22O2.C6H4O/c1-4-6-8-11(3,10(12)13)9-7-5-2;7-6-2-1-4-3-5(4)6/h4-9H2,1-3H3,(H,12,13);1-3,7H. The third-order valence-corrected chi connectivity index (χ3v) is 3.90. The van der Waals surface area contributed by atoms with Gasteiger partial charge in [-0.05, 0) is 37.5 Å². The number of carbonyl (C=O) groups is 1. The summed E-state index contributed by atoms with van der Waals surface area (Å²) in [7, 11) is 0. The summed E-state index contributed by atoms with van der Waals surface area (Å²) in [6.45, 7) is 6.07. The summed E-state index contributed by atoms with van der Waals surface area (Å²) >= 11 is 0. The molecule has 0 heterocycles. The van der Waals surface area contributed by atoms with E-state index in [1.807, 2.05) is 19.1 Å². The fourth-order valence-corrected chi connectivity index (χ4v) is 2.21. The molecule has 2 aliphatic carbocycles. The Bertz CT molecular complexity index is 444. The van der Waals surface area contributed by atoms with Gasteiger partial charge in [0.15, 0.2) is 0 Å². The van der Waals surface area contributed by atoms with Crippen molar-refractivity contribution in [2.75, 3.05) is 0 Å². The Balaban J connectivity index is 0.000000233. The van der Waals surface area contributed by atoms with Crippen LogP contribution >= 0.6 is 0 Å². The molecule has 0 aromatic rings. The van der Waals surface area contributed by atoms with Crippen molar-refractivity contribution in [1.29, 1.82) is 0 Å². The molecule has 0 aromatic carbocycles. The van der Waals surface area contributed by atoms with Gasteiger partial charge in [-0.15, -0.1) is 0 Å². The Morgan fingerprint density at radius 2 is 1.70 bits per heavy atom. The van der Waals surface area contributed by atoms with E-state index in [2.05, 4.69) is 13.8 Å². The maximum Gasteiger partial charge on any atom is 0.309 e. The third kappa shape index (κ3) is 4.55. The van der Waals surface area contributed by atoms with Crippen molar-refractivity contribution in [3.63, 3.8) is 0 Å². The first kappa shape index (κ1) is 16.5. The zero-order valence-corrected chi connectivity index (χ0v) is 12.8. The summed E-state index contributed by atoms with van der Waals surface area (Å²) < 4.78 is 0. The smallest absolute Gasteiger partial charge is 0.309 e. The van der Waals surface area contributed by atoms with E-state index in [0.717, 1.165) is 44.1 Å². The largest absolute Gasteiger partial charge is 0.507 e. The van der Waals surface area contributed by atoms with Crippen molar-refractivity contribution in [2.24, 2.45) is 5.41 Å². The van der Waals surface area contributed by atoms with Crippen LogP contribution in [0.25, 0.3) is 11.1 Å². The quantitative estimate of drug-likeness (QED) is 0.762. The van der Waals surface area contributed by atoms with Gasteiger partial charge >= 0.3 is 5.97 Å². The second kappa shape index (κ2) is 7.32. The summed E-state index contributed by atoms with van der Waals surface area (Å²) in [5, 5.41) is 17.9. The highest BCUT2D eigenvalue weighted by Crippen LogP contribution is 2.42. The van der Waals surface area contributed by atoms with E-state index in [1.165, 1.54) is 5.56 Å². The Morgan fingerprint density at radius 1 is 1.15 bits per heavy atom. The van der Waals surface area contributed by atoms with Gasteiger partial charge in [-0.25, -0.2) is 0 Å². The lowest BCUT2D eigenvalue weighted by molar-refractivity contribution is -0.149. The molecule has 20 heavy (non-hydrogen) atoms. The highest BCUT2D eigenvalue weighted by atomic mass is 16.4. The highest BCUT2D eigenvalue weighted by molar-refractivity contribution is 5.86. The molecular formula is C17H26O3. The fourth-order valence-electron chi connectivity index (χ4n) is 2.21. The van der Waals surface area contributed by atoms with E-state index in [4.69, 9.17) is 10.2 Å². The topological polar surface area (TPSA) is 57.5 Å². The van der Waals surface area contributed by atoms with Gasteiger partial charge in [-0.1, -0.05) is 45.6 Å². The van der Waals surface area contributed by atoms with Crippen LogP contribution in [0.3, 0.4) is 0 Å². The molecule has 0 atom stereocenters. The third-order valence-electron chi connectivity index (χ3n) is 3.90. The van der Waals surface area contributed by atoms with Crippen LogP contribution < -0.4 is 0 Å². The maximum absolute atomic E-state index is 11.0. The van der Waals surface area contributed by atoms with Crippen LogP contribution in [0.1, 0.15) is 59.3 Å². The summed E-state index contributed by atoms with van der Waals surface area (Å²) in [5.74, 6) is -0.204. The van der Waals surface area contributed by atoms with Crippen LogP contribution in [0.5, 0.6) is 5.75 Å². The number of hydrogen-bond acceptors (Lipinski definition) is 2. The van der Waals surface area contributed by atoms with Gasteiger partial charge in [0.25, 0.3) is 0 Å². The molecule has 3 heteroatoms.